The molecule has 1 aromatic heterocycles. The number of aromatic nitrogens is 1. The Kier molecular flexibility index (Phi) is 4.28. The third-order valence-electron chi connectivity index (χ3n) is 3.73. The van der Waals surface area contributed by atoms with E-state index in [4.69, 9.17) is 4.74 Å². The number of anilines is 1. The normalized spacial score (nSPS) is 28.1. The fourth-order valence-electron chi connectivity index (χ4n) is 2.37. The number of hydrogen-bond acceptors (Lipinski definition) is 3. The lowest BCUT2D eigenvalue weighted by Crippen LogP contribution is -2.41. The van der Waals surface area contributed by atoms with Gasteiger partial charge in [-0.15, -0.1) is 0 Å². The fourth-order valence-corrected chi connectivity index (χ4v) is 2.59. The van der Waals surface area contributed by atoms with Gasteiger partial charge in [-0.2, -0.15) is 0 Å². The summed E-state index contributed by atoms with van der Waals surface area (Å²) in [6.45, 7) is 7.28. The van der Waals surface area contributed by atoms with E-state index in [1.165, 1.54) is 0 Å². The van der Waals surface area contributed by atoms with Gasteiger partial charge >= 0.3 is 0 Å². The lowest BCUT2D eigenvalue weighted by Gasteiger charge is -2.38. The Morgan fingerprint density at radius 2 is 2.39 bits per heavy atom. The molecule has 2 unspecified atom stereocenters. The average molecular weight is 313 g/mol. The van der Waals surface area contributed by atoms with Crippen molar-refractivity contribution in [3.8, 4) is 0 Å². The molecular formula is C14H21BrN2O. The summed E-state index contributed by atoms with van der Waals surface area (Å²) in [4.78, 5) is 4.32. The molecule has 0 aliphatic carbocycles. The summed E-state index contributed by atoms with van der Waals surface area (Å²) in [5.74, 6) is 0. The molecule has 0 aromatic carbocycles. The molecule has 2 rings (SSSR count). The van der Waals surface area contributed by atoms with Crippen molar-refractivity contribution in [2.45, 2.75) is 51.7 Å². The fraction of sp³-hybridized carbons (Fsp3) is 0.643. The van der Waals surface area contributed by atoms with E-state index in [9.17, 15) is 0 Å². The maximum atomic E-state index is 5.86. The molecule has 0 amide bonds. The second-order valence-corrected chi connectivity index (χ2v) is 6.07. The monoisotopic (exact) mass is 312 g/mol. The summed E-state index contributed by atoms with van der Waals surface area (Å²) >= 11 is 3.42. The largest absolute Gasteiger partial charge is 0.381 e. The van der Waals surface area contributed by atoms with Crippen LogP contribution in [0.3, 0.4) is 0 Å². The number of hydrogen-bond donors (Lipinski definition) is 1. The van der Waals surface area contributed by atoms with Gasteiger partial charge in [0.1, 0.15) is 4.60 Å². The van der Waals surface area contributed by atoms with Crippen LogP contribution in [0.5, 0.6) is 0 Å². The van der Waals surface area contributed by atoms with Gasteiger partial charge in [0.15, 0.2) is 0 Å². The second kappa shape index (κ2) is 5.57. The molecule has 18 heavy (non-hydrogen) atoms. The first-order chi connectivity index (χ1) is 8.52. The summed E-state index contributed by atoms with van der Waals surface area (Å²) in [6, 6.07) is 2.61. The molecule has 1 aromatic rings. The van der Waals surface area contributed by atoms with Crippen LogP contribution >= 0.6 is 15.9 Å². The Morgan fingerprint density at radius 1 is 1.61 bits per heavy atom. The van der Waals surface area contributed by atoms with Crippen molar-refractivity contribution in [3.05, 3.63) is 22.4 Å². The summed E-state index contributed by atoms with van der Waals surface area (Å²) in [5.41, 5.74) is 2.28. The zero-order chi connectivity index (χ0) is 13.2. The predicted molar refractivity (Wildman–Crippen MR) is 78.0 cm³/mol. The highest BCUT2D eigenvalue weighted by Gasteiger charge is 2.31. The smallest absolute Gasteiger partial charge is 0.109 e. The Labute approximate surface area is 117 Å². The molecule has 1 saturated heterocycles. The minimum Gasteiger partial charge on any atom is -0.381 e. The van der Waals surface area contributed by atoms with Crippen LogP contribution in [0.25, 0.3) is 0 Å². The molecule has 1 aliphatic heterocycles. The van der Waals surface area contributed by atoms with Gasteiger partial charge in [-0.25, -0.2) is 4.98 Å². The van der Waals surface area contributed by atoms with Crippen LogP contribution in [0.15, 0.2) is 16.9 Å². The van der Waals surface area contributed by atoms with Crippen molar-refractivity contribution in [1.29, 1.82) is 0 Å². The minimum absolute atomic E-state index is 0.0216. The van der Waals surface area contributed by atoms with Crippen LogP contribution in [-0.2, 0) is 4.74 Å². The molecule has 1 fully saturated rings. The van der Waals surface area contributed by atoms with E-state index in [1.54, 1.807) is 0 Å². The molecule has 3 nitrogen and oxygen atoms in total. The SMILES string of the molecule is CCC1(C)CC(Nc2cnc(Br)c(C)c2)CCO1. The van der Waals surface area contributed by atoms with E-state index >= 15 is 0 Å². The van der Waals surface area contributed by atoms with E-state index in [2.05, 4.69) is 53.1 Å². The second-order valence-electron chi connectivity index (χ2n) is 5.32. The molecule has 100 valence electrons. The van der Waals surface area contributed by atoms with Gasteiger partial charge in [-0.05, 0) is 60.7 Å². The van der Waals surface area contributed by atoms with Gasteiger partial charge in [0, 0.05) is 12.6 Å². The van der Waals surface area contributed by atoms with Gasteiger partial charge in [-0.3, -0.25) is 0 Å². The molecule has 1 aliphatic rings. The molecule has 2 atom stereocenters. The maximum absolute atomic E-state index is 5.86. The maximum Gasteiger partial charge on any atom is 0.109 e. The van der Waals surface area contributed by atoms with Crippen LogP contribution in [0.1, 0.15) is 38.7 Å². The first-order valence-electron chi connectivity index (χ1n) is 6.55. The lowest BCUT2D eigenvalue weighted by molar-refractivity contribution is -0.0708. The lowest BCUT2D eigenvalue weighted by atomic mass is 9.90. The predicted octanol–water partition coefficient (Wildman–Crippen LogP) is 3.91. The number of nitrogens with zero attached hydrogens (tertiary/aromatic N) is 1. The van der Waals surface area contributed by atoms with Crippen molar-refractivity contribution in [2.75, 3.05) is 11.9 Å². The van der Waals surface area contributed by atoms with Crippen molar-refractivity contribution < 1.29 is 4.74 Å². The molecule has 0 bridgehead atoms. The van der Waals surface area contributed by atoms with Crippen molar-refractivity contribution >= 4 is 21.6 Å². The van der Waals surface area contributed by atoms with Gasteiger partial charge in [0.25, 0.3) is 0 Å². The molecule has 2 heterocycles. The summed E-state index contributed by atoms with van der Waals surface area (Å²) < 4.78 is 6.78. The van der Waals surface area contributed by atoms with Crippen LogP contribution in [0.4, 0.5) is 5.69 Å². The molecule has 4 heteroatoms. The Morgan fingerprint density at radius 3 is 3.06 bits per heavy atom. The summed E-state index contributed by atoms with van der Waals surface area (Å²) in [6.07, 6.45) is 5.06. The number of halogens is 1. The van der Waals surface area contributed by atoms with Crippen LogP contribution < -0.4 is 5.32 Å². The summed E-state index contributed by atoms with van der Waals surface area (Å²) in [5, 5.41) is 3.58. The summed E-state index contributed by atoms with van der Waals surface area (Å²) in [7, 11) is 0. The zero-order valence-electron chi connectivity index (χ0n) is 11.3. The van der Waals surface area contributed by atoms with E-state index in [-0.39, 0.29) is 5.60 Å². The minimum atomic E-state index is 0.0216. The van der Waals surface area contributed by atoms with Crippen molar-refractivity contribution in [3.63, 3.8) is 0 Å². The standard InChI is InChI=1S/C14H21BrN2O/c1-4-14(3)8-11(5-6-18-14)17-12-7-10(2)13(15)16-9-12/h7,9,11,17H,4-6,8H2,1-3H3. The number of pyridine rings is 1. The first kappa shape index (κ1) is 13.8. The highest BCUT2D eigenvalue weighted by molar-refractivity contribution is 9.10. The average Bonchev–Trinajstić information content (AvgIpc) is 2.34. The highest BCUT2D eigenvalue weighted by Crippen LogP contribution is 2.29. The van der Waals surface area contributed by atoms with Crippen molar-refractivity contribution in [2.24, 2.45) is 0 Å². The topological polar surface area (TPSA) is 34.2 Å². The number of rotatable bonds is 3. The van der Waals surface area contributed by atoms with Crippen molar-refractivity contribution in [1.82, 2.24) is 4.98 Å². The highest BCUT2D eigenvalue weighted by atomic mass is 79.9. The van der Waals surface area contributed by atoms with Crippen LogP contribution in [0, 0.1) is 6.92 Å². The third kappa shape index (κ3) is 3.23. The van der Waals surface area contributed by atoms with Crippen LogP contribution in [-0.4, -0.2) is 23.2 Å². The van der Waals surface area contributed by atoms with E-state index in [0.717, 1.165) is 41.7 Å². The van der Waals surface area contributed by atoms with Gasteiger partial charge in [-0.1, -0.05) is 6.92 Å². The van der Waals surface area contributed by atoms with Gasteiger partial charge in [0.05, 0.1) is 17.5 Å². The molecule has 0 spiro atoms. The number of aryl methyl sites for hydroxylation is 1. The molecular weight excluding hydrogens is 292 g/mol. The van der Waals surface area contributed by atoms with Gasteiger partial charge in [0.2, 0.25) is 0 Å². The molecule has 1 N–H and O–H groups in total. The number of nitrogens with one attached hydrogen (secondary N) is 1. The van der Waals surface area contributed by atoms with E-state index in [1.807, 2.05) is 6.20 Å². The van der Waals surface area contributed by atoms with E-state index < -0.39 is 0 Å². The zero-order valence-corrected chi connectivity index (χ0v) is 12.9. The Balaban J connectivity index is 2.02. The van der Waals surface area contributed by atoms with Crippen LogP contribution in [0.2, 0.25) is 0 Å². The Hall–Kier alpha value is -0.610. The quantitative estimate of drug-likeness (QED) is 0.859. The first-order valence-corrected chi connectivity index (χ1v) is 7.34. The molecule has 0 radical (unpaired) electrons. The van der Waals surface area contributed by atoms with Gasteiger partial charge < -0.3 is 10.1 Å². The third-order valence-corrected chi connectivity index (χ3v) is 4.56. The Bertz CT molecular complexity index is 424. The molecule has 0 saturated carbocycles. The van der Waals surface area contributed by atoms with E-state index in [0.29, 0.717) is 6.04 Å². The number of ether oxygens (including phenoxy) is 1.